The standard InChI is InChI=1S/C17H17N3O3S/c1-22-16(21)12-23-15-9-7-13(8-10-15)11-18-20-17(24)19-14-5-3-2-4-6-14/h2-11H,12H2,1H3,(H2,19,20,24)/b18-11-. The van der Waals surface area contributed by atoms with E-state index in [9.17, 15) is 4.79 Å². The molecule has 2 N–H and O–H groups in total. The zero-order chi connectivity index (χ0) is 17.2. The molecule has 0 saturated heterocycles. The Kier molecular flexibility index (Phi) is 6.73. The summed E-state index contributed by atoms with van der Waals surface area (Å²) >= 11 is 5.14. The molecule has 0 radical (unpaired) electrons. The zero-order valence-electron chi connectivity index (χ0n) is 13.1. The SMILES string of the molecule is COC(=O)COc1ccc(/C=N\NC(=S)Nc2ccccc2)cc1. The second-order valence-corrected chi connectivity index (χ2v) is 5.03. The Morgan fingerprint density at radius 1 is 1.17 bits per heavy atom. The smallest absolute Gasteiger partial charge is 0.343 e. The fourth-order valence-corrected chi connectivity index (χ4v) is 1.87. The van der Waals surface area contributed by atoms with Gasteiger partial charge in [0, 0.05) is 5.69 Å². The van der Waals surface area contributed by atoms with Crippen LogP contribution in [0, 0.1) is 0 Å². The normalized spacial score (nSPS) is 10.2. The van der Waals surface area contributed by atoms with Crippen molar-refractivity contribution in [3.63, 3.8) is 0 Å². The maximum absolute atomic E-state index is 11.0. The van der Waals surface area contributed by atoms with E-state index in [2.05, 4.69) is 20.6 Å². The molecular formula is C17H17N3O3S. The number of hydrogen-bond acceptors (Lipinski definition) is 5. The summed E-state index contributed by atoms with van der Waals surface area (Å²) in [5.41, 5.74) is 4.48. The summed E-state index contributed by atoms with van der Waals surface area (Å²) in [6.07, 6.45) is 1.63. The van der Waals surface area contributed by atoms with Crippen LogP contribution < -0.4 is 15.5 Å². The molecule has 2 aromatic rings. The number of rotatable bonds is 6. The van der Waals surface area contributed by atoms with Gasteiger partial charge in [0.15, 0.2) is 11.7 Å². The monoisotopic (exact) mass is 343 g/mol. The first-order valence-corrected chi connectivity index (χ1v) is 7.53. The van der Waals surface area contributed by atoms with Crippen LogP contribution in [0.3, 0.4) is 0 Å². The topological polar surface area (TPSA) is 72.0 Å². The number of methoxy groups -OCH3 is 1. The molecule has 0 unspecified atom stereocenters. The van der Waals surface area contributed by atoms with Gasteiger partial charge in [-0.2, -0.15) is 5.10 Å². The lowest BCUT2D eigenvalue weighted by Crippen LogP contribution is -2.23. The molecule has 0 heterocycles. The number of hydrazone groups is 1. The van der Waals surface area contributed by atoms with Gasteiger partial charge in [0.1, 0.15) is 5.75 Å². The van der Waals surface area contributed by atoms with E-state index in [1.54, 1.807) is 18.3 Å². The number of carbonyl (C=O) groups excluding carboxylic acids is 1. The number of carbonyl (C=O) groups is 1. The highest BCUT2D eigenvalue weighted by molar-refractivity contribution is 7.80. The van der Waals surface area contributed by atoms with Crippen molar-refractivity contribution in [1.29, 1.82) is 0 Å². The van der Waals surface area contributed by atoms with Crippen LogP contribution in [0.2, 0.25) is 0 Å². The number of ether oxygens (including phenoxy) is 2. The van der Waals surface area contributed by atoms with E-state index in [1.165, 1.54) is 7.11 Å². The number of benzene rings is 2. The largest absolute Gasteiger partial charge is 0.482 e. The highest BCUT2D eigenvalue weighted by atomic mass is 32.1. The van der Waals surface area contributed by atoms with Crippen molar-refractivity contribution in [3.8, 4) is 5.75 Å². The summed E-state index contributed by atoms with van der Waals surface area (Å²) in [6, 6.07) is 16.7. The van der Waals surface area contributed by atoms with Crippen molar-refractivity contribution in [3.05, 3.63) is 60.2 Å². The molecule has 7 heteroatoms. The van der Waals surface area contributed by atoms with Crippen molar-refractivity contribution < 1.29 is 14.3 Å². The highest BCUT2D eigenvalue weighted by Gasteiger charge is 2.01. The molecule has 0 bridgehead atoms. The van der Waals surface area contributed by atoms with Crippen LogP contribution in [0.5, 0.6) is 5.75 Å². The zero-order valence-corrected chi connectivity index (χ0v) is 13.9. The van der Waals surface area contributed by atoms with E-state index in [0.717, 1.165) is 11.3 Å². The Morgan fingerprint density at radius 3 is 2.54 bits per heavy atom. The third kappa shape index (κ3) is 6.05. The van der Waals surface area contributed by atoms with Gasteiger partial charge in [0.2, 0.25) is 0 Å². The Morgan fingerprint density at radius 2 is 1.88 bits per heavy atom. The van der Waals surface area contributed by atoms with Crippen LogP contribution in [-0.4, -0.2) is 31.0 Å². The van der Waals surface area contributed by atoms with Crippen LogP contribution in [0.4, 0.5) is 5.69 Å². The first-order chi connectivity index (χ1) is 11.7. The Balaban J connectivity index is 1.79. The Bertz CT molecular complexity index is 703. The first kappa shape index (κ1) is 17.4. The van der Waals surface area contributed by atoms with Crippen LogP contribution in [0.1, 0.15) is 5.56 Å². The van der Waals surface area contributed by atoms with Gasteiger partial charge in [-0.05, 0) is 54.2 Å². The fraction of sp³-hybridized carbons (Fsp3) is 0.118. The van der Waals surface area contributed by atoms with Crippen molar-refractivity contribution in [2.24, 2.45) is 5.10 Å². The van der Waals surface area contributed by atoms with E-state index in [0.29, 0.717) is 10.9 Å². The van der Waals surface area contributed by atoms with E-state index in [4.69, 9.17) is 17.0 Å². The minimum absolute atomic E-state index is 0.120. The van der Waals surface area contributed by atoms with E-state index in [-0.39, 0.29) is 6.61 Å². The second-order valence-electron chi connectivity index (χ2n) is 4.62. The van der Waals surface area contributed by atoms with Crippen LogP contribution in [0.25, 0.3) is 0 Å². The molecule has 0 aliphatic carbocycles. The van der Waals surface area contributed by atoms with Gasteiger partial charge < -0.3 is 14.8 Å². The number of anilines is 1. The third-order valence-corrected chi connectivity index (χ3v) is 3.07. The Labute approximate surface area is 145 Å². The minimum atomic E-state index is -0.427. The fourth-order valence-electron chi connectivity index (χ4n) is 1.70. The van der Waals surface area contributed by atoms with Gasteiger partial charge in [-0.1, -0.05) is 18.2 Å². The molecule has 6 nitrogen and oxygen atoms in total. The van der Waals surface area contributed by atoms with Gasteiger partial charge in [0.25, 0.3) is 0 Å². The van der Waals surface area contributed by atoms with E-state index < -0.39 is 5.97 Å². The minimum Gasteiger partial charge on any atom is -0.482 e. The molecule has 0 aliphatic heterocycles. The molecule has 2 aromatic carbocycles. The number of para-hydroxylation sites is 1. The number of hydrogen-bond donors (Lipinski definition) is 2. The van der Waals surface area contributed by atoms with Gasteiger partial charge >= 0.3 is 5.97 Å². The first-order valence-electron chi connectivity index (χ1n) is 7.12. The van der Waals surface area contributed by atoms with Gasteiger partial charge in [-0.15, -0.1) is 0 Å². The van der Waals surface area contributed by atoms with E-state index in [1.807, 2.05) is 42.5 Å². The lowest BCUT2D eigenvalue weighted by atomic mass is 10.2. The molecule has 0 amide bonds. The number of thiocarbonyl (C=S) groups is 1. The number of nitrogens with one attached hydrogen (secondary N) is 2. The third-order valence-electron chi connectivity index (χ3n) is 2.88. The summed E-state index contributed by atoms with van der Waals surface area (Å²) in [5.74, 6) is 0.149. The second kappa shape index (κ2) is 9.26. The average Bonchev–Trinajstić information content (AvgIpc) is 2.61. The van der Waals surface area contributed by atoms with Gasteiger partial charge in [-0.25, -0.2) is 4.79 Å². The highest BCUT2D eigenvalue weighted by Crippen LogP contribution is 2.11. The van der Waals surface area contributed by atoms with Crippen molar-refractivity contribution in [2.45, 2.75) is 0 Å². The summed E-state index contributed by atoms with van der Waals surface area (Å²) in [4.78, 5) is 11.0. The molecule has 0 saturated carbocycles. The van der Waals surface area contributed by atoms with Crippen molar-refractivity contribution in [1.82, 2.24) is 5.43 Å². The molecule has 124 valence electrons. The summed E-state index contributed by atoms with van der Waals surface area (Å²) in [6.45, 7) is -0.120. The molecule has 2 rings (SSSR count). The summed E-state index contributed by atoms with van der Waals surface area (Å²) in [5, 5.41) is 7.47. The lowest BCUT2D eigenvalue weighted by molar-refractivity contribution is -0.142. The Hall–Kier alpha value is -2.93. The predicted molar refractivity (Wildman–Crippen MR) is 97.3 cm³/mol. The van der Waals surface area contributed by atoms with Crippen molar-refractivity contribution in [2.75, 3.05) is 19.0 Å². The molecule has 0 spiro atoms. The average molecular weight is 343 g/mol. The quantitative estimate of drug-likeness (QED) is 0.363. The van der Waals surface area contributed by atoms with Gasteiger partial charge in [0.05, 0.1) is 13.3 Å². The molecule has 0 atom stereocenters. The molecule has 0 fully saturated rings. The predicted octanol–water partition coefficient (Wildman–Crippen LogP) is 2.56. The molecule has 24 heavy (non-hydrogen) atoms. The maximum Gasteiger partial charge on any atom is 0.343 e. The van der Waals surface area contributed by atoms with Crippen molar-refractivity contribution >= 4 is 35.2 Å². The van der Waals surface area contributed by atoms with Crippen LogP contribution >= 0.6 is 12.2 Å². The molecule has 0 aromatic heterocycles. The number of nitrogens with zero attached hydrogens (tertiary/aromatic N) is 1. The molecule has 0 aliphatic rings. The van der Waals surface area contributed by atoms with E-state index >= 15 is 0 Å². The van der Waals surface area contributed by atoms with Crippen LogP contribution in [-0.2, 0) is 9.53 Å². The van der Waals surface area contributed by atoms with Crippen LogP contribution in [0.15, 0.2) is 59.7 Å². The lowest BCUT2D eigenvalue weighted by Gasteiger charge is -2.06. The molecular weight excluding hydrogens is 326 g/mol. The summed E-state index contributed by atoms with van der Waals surface area (Å²) < 4.78 is 9.76. The van der Waals surface area contributed by atoms with Gasteiger partial charge in [-0.3, -0.25) is 5.43 Å². The maximum atomic E-state index is 11.0. The number of esters is 1. The summed E-state index contributed by atoms with van der Waals surface area (Å²) in [7, 11) is 1.31.